The third kappa shape index (κ3) is 5.15. The van der Waals surface area contributed by atoms with Crippen molar-refractivity contribution in [3.8, 4) is 0 Å². The van der Waals surface area contributed by atoms with E-state index in [1.165, 1.54) is 12.3 Å². The third-order valence-electron chi connectivity index (χ3n) is 4.79. The molecule has 2 aromatic rings. The van der Waals surface area contributed by atoms with Crippen molar-refractivity contribution in [2.45, 2.75) is 13.8 Å². The molecule has 0 bridgehead atoms. The van der Waals surface area contributed by atoms with Crippen LogP contribution in [-0.2, 0) is 4.74 Å². The van der Waals surface area contributed by atoms with Gasteiger partial charge in [-0.25, -0.2) is 0 Å². The number of pyridine rings is 1. The molecular weight excluding hydrogens is 356 g/mol. The second kappa shape index (κ2) is 9.43. The summed E-state index contributed by atoms with van der Waals surface area (Å²) in [5.41, 5.74) is 3.36. The van der Waals surface area contributed by atoms with Crippen molar-refractivity contribution in [1.82, 2.24) is 15.2 Å². The van der Waals surface area contributed by atoms with E-state index in [1.54, 1.807) is 6.07 Å². The first-order chi connectivity index (χ1) is 13.5. The number of hydrogen-bond donors (Lipinski definition) is 2. The Hall–Kier alpha value is -2.77. The van der Waals surface area contributed by atoms with Gasteiger partial charge in [0.2, 0.25) is 0 Å². The first-order valence-corrected chi connectivity index (χ1v) is 9.46. The Morgan fingerprint density at radius 1 is 1.11 bits per heavy atom. The topological polar surface area (TPSA) is 83.6 Å². The number of rotatable bonds is 6. The zero-order valence-electron chi connectivity index (χ0n) is 16.3. The number of carbonyl (C=O) groups is 2. The van der Waals surface area contributed by atoms with Gasteiger partial charge in [-0.1, -0.05) is 18.2 Å². The summed E-state index contributed by atoms with van der Waals surface area (Å²) < 4.78 is 5.32. The van der Waals surface area contributed by atoms with Gasteiger partial charge >= 0.3 is 0 Å². The Bertz CT molecular complexity index is 827. The van der Waals surface area contributed by atoms with Crippen LogP contribution in [0.5, 0.6) is 0 Å². The summed E-state index contributed by atoms with van der Waals surface area (Å²) in [6.45, 7) is 8.43. The highest BCUT2D eigenvalue weighted by atomic mass is 16.5. The number of nitrogens with one attached hydrogen (secondary N) is 2. The van der Waals surface area contributed by atoms with Crippen LogP contribution in [0.4, 0.5) is 5.69 Å². The summed E-state index contributed by atoms with van der Waals surface area (Å²) >= 11 is 0. The molecule has 7 heteroatoms. The maximum atomic E-state index is 12.6. The van der Waals surface area contributed by atoms with E-state index in [0.717, 1.165) is 49.7 Å². The maximum Gasteiger partial charge on any atom is 0.274 e. The molecule has 148 valence electrons. The van der Waals surface area contributed by atoms with Crippen molar-refractivity contribution >= 4 is 17.5 Å². The number of carbonyl (C=O) groups excluding carboxylic acids is 2. The van der Waals surface area contributed by atoms with Crippen molar-refractivity contribution < 1.29 is 14.3 Å². The highest BCUT2D eigenvalue weighted by molar-refractivity contribution is 6.05. The molecule has 1 aliphatic rings. The largest absolute Gasteiger partial charge is 0.379 e. The zero-order chi connectivity index (χ0) is 19.9. The first-order valence-electron chi connectivity index (χ1n) is 9.46. The number of nitrogens with zero attached hydrogens (tertiary/aromatic N) is 2. The van der Waals surface area contributed by atoms with Gasteiger partial charge in [-0.05, 0) is 37.1 Å². The number of anilines is 1. The fraction of sp³-hybridized carbons (Fsp3) is 0.381. The van der Waals surface area contributed by atoms with Gasteiger partial charge in [0.25, 0.3) is 11.8 Å². The van der Waals surface area contributed by atoms with Crippen LogP contribution in [0.3, 0.4) is 0 Å². The van der Waals surface area contributed by atoms with E-state index in [9.17, 15) is 9.59 Å². The van der Waals surface area contributed by atoms with Gasteiger partial charge in [0, 0.05) is 43.6 Å². The fourth-order valence-corrected chi connectivity index (χ4v) is 3.14. The van der Waals surface area contributed by atoms with E-state index in [2.05, 4.69) is 20.5 Å². The lowest BCUT2D eigenvalue weighted by Crippen LogP contribution is -2.41. The highest BCUT2D eigenvalue weighted by Crippen LogP contribution is 2.20. The molecule has 0 saturated carbocycles. The average Bonchev–Trinajstić information content (AvgIpc) is 2.71. The van der Waals surface area contributed by atoms with Crippen LogP contribution in [0.2, 0.25) is 0 Å². The first kappa shape index (κ1) is 20.0. The molecule has 0 aliphatic carbocycles. The van der Waals surface area contributed by atoms with Crippen LogP contribution in [0.1, 0.15) is 32.0 Å². The molecule has 3 rings (SSSR count). The lowest BCUT2D eigenvalue weighted by atomic mass is 10.1. The lowest BCUT2D eigenvalue weighted by Gasteiger charge is -2.26. The van der Waals surface area contributed by atoms with E-state index in [0.29, 0.717) is 12.1 Å². The Balaban J connectivity index is 1.59. The van der Waals surface area contributed by atoms with E-state index in [1.807, 2.05) is 32.0 Å². The minimum atomic E-state index is -0.333. The minimum Gasteiger partial charge on any atom is -0.379 e. The molecule has 2 amide bonds. The number of hydrogen-bond acceptors (Lipinski definition) is 5. The summed E-state index contributed by atoms with van der Waals surface area (Å²) in [4.78, 5) is 31.4. The van der Waals surface area contributed by atoms with Gasteiger partial charge in [-0.15, -0.1) is 0 Å². The zero-order valence-corrected chi connectivity index (χ0v) is 16.3. The van der Waals surface area contributed by atoms with E-state index >= 15 is 0 Å². The number of benzene rings is 1. The van der Waals surface area contributed by atoms with Crippen molar-refractivity contribution in [3.05, 3.63) is 58.9 Å². The van der Waals surface area contributed by atoms with Crippen molar-refractivity contribution in [2.24, 2.45) is 0 Å². The van der Waals surface area contributed by atoms with Gasteiger partial charge < -0.3 is 15.4 Å². The van der Waals surface area contributed by atoms with Crippen LogP contribution in [0, 0.1) is 13.8 Å². The molecule has 0 atom stereocenters. The quantitative estimate of drug-likeness (QED) is 0.799. The van der Waals surface area contributed by atoms with Gasteiger partial charge in [-0.2, -0.15) is 0 Å². The van der Waals surface area contributed by atoms with Crippen molar-refractivity contribution in [3.63, 3.8) is 0 Å². The summed E-state index contributed by atoms with van der Waals surface area (Å²) in [6, 6.07) is 8.95. The molecule has 1 aromatic heterocycles. The van der Waals surface area contributed by atoms with Crippen LogP contribution in [0.15, 0.2) is 36.5 Å². The number of para-hydroxylation sites is 1. The number of ether oxygens (including phenoxy) is 1. The third-order valence-corrected chi connectivity index (χ3v) is 4.79. The van der Waals surface area contributed by atoms with Crippen LogP contribution >= 0.6 is 0 Å². The molecule has 7 nitrogen and oxygen atoms in total. The molecule has 0 spiro atoms. The molecule has 0 radical (unpaired) electrons. The van der Waals surface area contributed by atoms with E-state index < -0.39 is 0 Å². The molecule has 1 fully saturated rings. The molecule has 0 unspecified atom stereocenters. The summed E-state index contributed by atoms with van der Waals surface area (Å²) in [5.74, 6) is -0.544. The predicted molar refractivity (Wildman–Crippen MR) is 108 cm³/mol. The van der Waals surface area contributed by atoms with Crippen molar-refractivity contribution in [2.75, 3.05) is 44.7 Å². The van der Waals surface area contributed by atoms with E-state index in [4.69, 9.17) is 4.74 Å². The Kier molecular flexibility index (Phi) is 6.73. The summed E-state index contributed by atoms with van der Waals surface area (Å²) in [7, 11) is 0. The predicted octanol–water partition coefficient (Wildman–Crippen LogP) is 2.01. The Labute approximate surface area is 165 Å². The molecule has 2 heterocycles. The number of morpholine rings is 1. The van der Waals surface area contributed by atoms with Crippen LogP contribution in [0.25, 0.3) is 0 Å². The van der Waals surface area contributed by atoms with Gasteiger partial charge in [0.1, 0.15) is 5.69 Å². The van der Waals surface area contributed by atoms with Crippen molar-refractivity contribution in [1.29, 1.82) is 0 Å². The Morgan fingerprint density at radius 3 is 2.54 bits per heavy atom. The standard InChI is InChI=1S/C21H26N4O3/c1-15-4-3-5-16(2)19(15)24-21(27)18-14-17(6-7-22-18)20(26)23-8-9-25-10-12-28-13-11-25/h3-7,14H,8-13H2,1-2H3,(H,23,26)(H,24,27). The smallest absolute Gasteiger partial charge is 0.274 e. The normalized spacial score (nSPS) is 14.5. The molecule has 28 heavy (non-hydrogen) atoms. The molecule has 1 saturated heterocycles. The van der Waals surface area contributed by atoms with Gasteiger partial charge in [0.05, 0.1) is 13.2 Å². The second-order valence-corrected chi connectivity index (χ2v) is 6.86. The summed E-state index contributed by atoms with van der Waals surface area (Å²) in [5, 5.41) is 5.79. The molecule has 1 aromatic carbocycles. The number of aryl methyl sites for hydroxylation is 2. The second-order valence-electron chi connectivity index (χ2n) is 6.86. The molecular formula is C21H26N4O3. The van der Waals surface area contributed by atoms with Gasteiger partial charge in [-0.3, -0.25) is 19.5 Å². The average molecular weight is 382 g/mol. The number of aromatic nitrogens is 1. The number of amides is 2. The highest BCUT2D eigenvalue weighted by Gasteiger charge is 2.15. The monoisotopic (exact) mass is 382 g/mol. The fourth-order valence-electron chi connectivity index (χ4n) is 3.14. The molecule has 1 aliphatic heterocycles. The minimum absolute atomic E-state index is 0.211. The van der Waals surface area contributed by atoms with Gasteiger partial charge in [0.15, 0.2) is 0 Å². The van der Waals surface area contributed by atoms with Crippen LogP contribution in [-0.4, -0.2) is 61.1 Å². The maximum absolute atomic E-state index is 12.6. The van der Waals surface area contributed by atoms with Crippen LogP contribution < -0.4 is 10.6 Å². The summed E-state index contributed by atoms with van der Waals surface area (Å²) in [6.07, 6.45) is 1.48. The SMILES string of the molecule is Cc1cccc(C)c1NC(=O)c1cc(C(=O)NCCN2CCOCC2)ccn1. The molecule has 2 N–H and O–H groups in total. The Morgan fingerprint density at radius 2 is 1.82 bits per heavy atom. The lowest BCUT2D eigenvalue weighted by molar-refractivity contribution is 0.0383. The van der Waals surface area contributed by atoms with E-state index in [-0.39, 0.29) is 17.5 Å².